The van der Waals surface area contributed by atoms with Gasteiger partial charge in [-0.3, -0.25) is 10.1 Å². The van der Waals surface area contributed by atoms with E-state index >= 15 is 0 Å². The highest BCUT2D eigenvalue weighted by atomic mass is 32.1. The molecule has 0 aliphatic heterocycles. The second kappa shape index (κ2) is 6.37. The van der Waals surface area contributed by atoms with Crippen molar-refractivity contribution >= 4 is 21.6 Å². The standard InChI is InChI=1S/C16H20N4S/c1-11(14-8-16-15(18-9-14)5-7-21-16)17-6-3-4-13-10-19-20-12(13)2/h5,7-11,17H,3-4,6H2,1-2H3,(H,19,20). The number of fused-ring (bicyclic) bond motifs is 1. The number of rotatable bonds is 6. The molecule has 2 N–H and O–H groups in total. The molecule has 0 radical (unpaired) electrons. The smallest absolute Gasteiger partial charge is 0.0809 e. The highest BCUT2D eigenvalue weighted by Gasteiger charge is 2.07. The SMILES string of the molecule is Cc1[nH]ncc1CCCNC(C)c1cnc2ccsc2c1. The van der Waals surface area contributed by atoms with Gasteiger partial charge in [0.25, 0.3) is 0 Å². The van der Waals surface area contributed by atoms with Crippen molar-refractivity contribution in [3.05, 3.63) is 46.7 Å². The maximum Gasteiger partial charge on any atom is 0.0809 e. The number of thiophene rings is 1. The van der Waals surface area contributed by atoms with Crippen LogP contribution in [-0.4, -0.2) is 21.7 Å². The first-order valence-electron chi connectivity index (χ1n) is 7.29. The van der Waals surface area contributed by atoms with Crippen molar-refractivity contribution in [2.24, 2.45) is 0 Å². The van der Waals surface area contributed by atoms with E-state index in [4.69, 9.17) is 0 Å². The number of pyridine rings is 1. The van der Waals surface area contributed by atoms with E-state index in [9.17, 15) is 0 Å². The fourth-order valence-electron chi connectivity index (χ4n) is 2.44. The Hall–Kier alpha value is -1.72. The van der Waals surface area contributed by atoms with Crippen molar-refractivity contribution in [1.29, 1.82) is 0 Å². The van der Waals surface area contributed by atoms with Gasteiger partial charge < -0.3 is 5.32 Å². The van der Waals surface area contributed by atoms with Crippen molar-refractivity contribution in [3.8, 4) is 0 Å². The van der Waals surface area contributed by atoms with Gasteiger partial charge in [0, 0.05) is 17.9 Å². The summed E-state index contributed by atoms with van der Waals surface area (Å²) in [6.07, 6.45) is 6.07. The molecule has 3 aromatic rings. The minimum absolute atomic E-state index is 0.328. The Morgan fingerprint density at radius 2 is 2.29 bits per heavy atom. The third kappa shape index (κ3) is 3.31. The van der Waals surface area contributed by atoms with Gasteiger partial charge in [0.05, 0.1) is 16.4 Å². The molecule has 0 spiro atoms. The van der Waals surface area contributed by atoms with E-state index < -0.39 is 0 Å². The maximum absolute atomic E-state index is 4.50. The first-order valence-corrected chi connectivity index (χ1v) is 8.17. The fourth-order valence-corrected chi connectivity index (χ4v) is 3.23. The lowest BCUT2D eigenvalue weighted by Gasteiger charge is -2.13. The van der Waals surface area contributed by atoms with Gasteiger partial charge >= 0.3 is 0 Å². The number of nitrogens with zero attached hydrogens (tertiary/aromatic N) is 2. The van der Waals surface area contributed by atoms with E-state index in [1.54, 1.807) is 11.3 Å². The zero-order valence-electron chi connectivity index (χ0n) is 12.4. The quantitative estimate of drug-likeness (QED) is 0.684. The number of hydrogen-bond acceptors (Lipinski definition) is 4. The van der Waals surface area contributed by atoms with Crippen LogP contribution in [0.4, 0.5) is 0 Å². The fraction of sp³-hybridized carbons (Fsp3) is 0.375. The average molecular weight is 300 g/mol. The van der Waals surface area contributed by atoms with Gasteiger partial charge in [0.15, 0.2) is 0 Å². The largest absolute Gasteiger partial charge is 0.310 e. The highest BCUT2D eigenvalue weighted by Crippen LogP contribution is 2.22. The van der Waals surface area contributed by atoms with Crippen LogP contribution in [0.2, 0.25) is 0 Å². The van der Waals surface area contributed by atoms with E-state index in [0.29, 0.717) is 6.04 Å². The predicted molar refractivity (Wildman–Crippen MR) is 87.7 cm³/mol. The molecule has 4 nitrogen and oxygen atoms in total. The minimum Gasteiger partial charge on any atom is -0.310 e. The van der Waals surface area contributed by atoms with E-state index in [-0.39, 0.29) is 0 Å². The van der Waals surface area contributed by atoms with Gasteiger partial charge in [0.1, 0.15) is 0 Å². The first kappa shape index (κ1) is 14.2. The summed E-state index contributed by atoms with van der Waals surface area (Å²) in [6.45, 7) is 5.26. The molecule has 110 valence electrons. The van der Waals surface area contributed by atoms with Gasteiger partial charge in [-0.15, -0.1) is 11.3 Å². The molecule has 0 aliphatic rings. The highest BCUT2D eigenvalue weighted by molar-refractivity contribution is 7.17. The number of aryl methyl sites for hydroxylation is 2. The number of nitrogens with one attached hydrogen (secondary N) is 2. The number of hydrogen-bond donors (Lipinski definition) is 2. The van der Waals surface area contributed by atoms with Gasteiger partial charge in [-0.05, 0) is 61.9 Å². The van der Waals surface area contributed by atoms with E-state index in [1.807, 2.05) is 12.4 Å². The number of aromatic nitrogens is 3. The van der Waals surface area contributed by atoms with Crippen LogP contribution in [0.25, 0.3) is 10.2 Å². The lowest BCUT2D eigenvalue weighted by molar-refractivity contribution is 0.557. The van der Waals surface area contributed by atoms with Crippen LogP contribution < -0.4 is 5.32 Å². The molecule has 0 amide bonds. The van der Waals surface area contributed by atoms with E-state index in [1.165, 1.54) is 21.5 Å². The van der Waals surface area contributed by atoms with Crippen LogP contribution in [0, 0.1) is 6.92 Å². The lowest BCUT2D eigenvalue weighted by Crippen LogP contribution is -2.20. The maximum atomic E-state index is 4.50. The summed E-state index contributed by atoms with van der Waals surface area (Å²) in [5.74, 6) is 0. The minimum atomic E-state index is 0.328. The van der Waals surface area contributed by atoms with Crippen LogP contribution in [0.1, 0.15) is 36.2 Å². The summed E-state index contributed by atoms with van der Waals surface area (Å²) < 4.78 is 1.26. The Bertz CT molecular complexity index is 716. The monoisotopic (exact) mass is 300 g/mol. The molecule has 0 aliphatic carbocycles. The second-order valence-corrected chi connectivity index (χ2v) is 6.32. The summed E-state index contributed by atoms with van der Waals surface area (Å²) in [5, 5.41) is 12.7. The van der Waals surface area contributed by atoms with Crippen LogP contribution in [0.5, 0.6) is 0 Å². The van der Waals surface area contributed by atoms with Crippen molar-refractivity contribution in [2.75, 3.05) is 6.54 Å². The Morgan fingerprint density at radius 3 is 3.10 bits per heavy atom. The van der Waals surface area contributed by atoms with Gasteiger partial charge in [0.2, 0.25) is 0 Å². The van der Waals surface area contributed by atoms with Crippen molar-refractivity contribution in [2.45, 2.75) is 32.7 Å². The van der Waals surface area contributed by atoms with E-state index in [0.717, 1.165) is 24.9 Å². The zero-order chi connectivity index (χ0) is 14.7. The Balaban J connectivity index is 1.51. The molecule has 3 aromatic heterocycles. The number of H-pyrrole nitrogens is 1. The summed E-state index contributed by atoms with van der Waals surface area (Å²) in [7, 11) is 0. The molecule has 0 aromatic carbocycles. The normalized spacial score (nSPS) is 12.9. The molecule has 1 unspecified atom stereocenters. The molecule has 0 fully saturated rings. The molecule has 3 rings (SSSR count). The van der Waals surface area contributed by atoms with Crippen LogP contribution in [-0.2, 0) is 6.42 Å². The molecule has 0 saturated carbocycles. The Morgan fingerprint density at radius 1 is 1.38 bits per heavy atom. The molecular weight excluding hydrogens is 280 g/mol. The summed E-state index contributed by atoms with van der Waals surface area (Å²) in [4.78, 5) is 4.50. The third-order valence-corrected chi connectivity index (χ3v) is 4.68. The van der Waals surface area contributed by atoms with Gasteiger partial charge in [-0.1, -0.05) is 0 Å². The van der Waals surface area contributed by atoms with Crippen molar-refractivity contribution in [3.63, 3.8) is 0 Å². The van der Waals surface area contributed by atoms with Crippen molar-refractivity contribution < 1.29 is 0 Å². The molecule has 1 atom stereocenters. The second-order valence-electron chi connectivity index (χ2n) is 5.37. The van der Waals surface area contributed by atoms with Crippen LogP contribution in [0.3, 0.4) is 0 Å². The third-order valence-electron chi connectivity index (χ3n) is 3.83. The topological polar surface area (TPSA) is 53.6 Å². The Labute approximate surface area is 128 Å². The molecule has 21 heavy (non-hydrogen) atoms. The molecular formula is C16H20N4S. The molecule has 5 heteroatoms. The summed E-state index contributed by atoms with van der Waals surface area (Å²) in [6, 6.07) is 4.63. The van der Waals surface area contributed by atoms with Crippen molar-refractivity contribution in [1.82, 2.24) is 20.5 Å². The van der Waals surface area contributed by atoms with Gasteiger partial charge in [-0.2, -0.15) is 5.10 Å². The number of aromatic amines is 1. The molecule has 0 bridgehead atoms. The first-order chi connectivity index (χ1) is 10.2. The molecule has 0 saturated heterocycles. The predicted octanol–water partition coefficient (Wildman–Crippen LogP) is 3.61. The summed E-state index contributed by atoms with van der Waals surface area (Å²) >= 11 is 1.75. The van der Waals surface area contributed by atoms with Crippen LogP contribution in [0.15, 0.2) is 29.9 Å². The Kier molecular flexibility index (Phi) is 4.31. The van der Waals surface area contributed by atoms with Gasteiger partial charge in [-0.25, -0.2) is 0 Å². The van der Waals surface area contributed by atoms with E-state index in [2.05, 4.69) is 51.9 Å². The average Bonchev–Trinajstić information content (AvgIpc) is 3.11. The summed E-state index contributed by atoms with van der Waals surface area (Å²) in [5.41, 5.74) is 4.83. The van der Waals surface area contributed by atoms with Crippen LogP contribution >= 0.6 is 11.3 Å². The molecule has 3 heterocycles. The zero-order valence-corrected chi connectivity index (χ0v) is 13.2. The lowest BCUT2D eigenvalue weighted by atomic mass is 10.1.